The molecule has 0 bridgehead atoms. The molecule has 6 nitrogen and oxygen atoms in total. The van der Waals surface area contributed by atoms with Crippen LogP contribution >= 0.6 is 15.9 Å². The summed E-state index contributed by atoms with van der Waals surface area (Å²) >= 11 is 3.30. The summed E-state index contributed by atoms with van der Waals surface area (Å²) < 4.78 is 0.756. The van der Waals surface area contributed by atoms with E-state index in [-0.39, 0.29) is 30.7 Å². The number of halogens is 1. The largest absolute Gasteiger partial charge is 0.340 e. The van der Waals surface area contributed by atoms with E-state index in [0.717, 1.165) is 22.5 Å². The molecule has 1 saturated heterocycles. The van der Waals surface area contributed by atoms with E-state index in [1.54, 1.807) is 23.1 Å². The third-order valence-corrected chi connectivity index (χ3v) is 4.44. The molecule has 2 aliphatic heterocycles. The Labute approximate surface area is 136 Å². The fraction of sp³-hybridized carbons (Fsp3) is 0.400. The van der Waals surface area contributed by atoms with Gasteiger partial charge in [0.15, 0.2) is 0 Å². The van der Waals surface area contributed by atoms with Crippen molar-refractivity contribution in [1.29, 1.82) is 0 Å². The van der Waals surface area contributed by atoms with Crippen LogP contribution in [0, 0.1) is 0 Å². The van der Waals surface area contributed by atoms with Crippen LogP contribution in [0.15, 0.2) is 22.7 Å². The molecule has 2 heterocycles. The zero-order chi connectivity index (χ0) is 15.7. The normalized spacial score (nSPS) is 17.9. The number of benzene rings is 1. The van der Waals surface area contributed by atoms with Crippen molar-refractivity contribution < 1.29 is 14.4 Å². The zero-order valence-corrected chi connectivity index (χ0v) is 13.6. The molecule has 1 N–H and O–H groups in total. The number of nitrogens with one attached hydrogen (secondary N) is 1. The first-order chi connectivity index (χ1) is 10.6. The van der Waals surface area contributed by atoms with Gasteiger partial charge in [-0.2, -0.15) is 0 Å². The van der Waals surface area contributed by atoms with Gasteiger partial charge in [0.25, 0.3) is 11.8 Å². The Morgan fingerprint density at radius 1 is 1.14 bits per heavy atom. The summed E-state index contributed by atoms with van der Waals surface area (Å²) in [6.45, 7) is 3.05. The number of nitrogens with zero attached hydrogens (tertiary/aromatic N) is 2. The molecule has 0 saturated carbocycles. The molecule has 22 heavy (non-hydrogen) atoms. The van der Waals surface area contributed by atoms with Gasteiger partial charge in [0.1, 0.15) is 0 Å². The Kier molecular flexibility index (Phi) is 4.26. The highest BCUT2D eigenvalue weighted by atomic mass is 79.9. The van der Waals surface area contributed by atoms with Crippen LogP contribution < -0.4 is 5.32 Å². The number of hydrogen-bond acceptors (Lipinski definition) is 4. The van der Waals surface area contributed by atoms with Crippen LogP contribution in [0.2, 0.25) is 0 Å². The quantitative estimate of drug-likeness (QED) is 0.806. The van der Waals surface area contributed by atoms with Crippen LogP contribution in [0.1, 0.15) is 27.1 Å². The Balaban J connectivity index is 1.65. The molecular weight excluding hydrogens is 350 g/mol. The highest BCUT2D eigenvalue weighted by Gasteiger charge is 2.35. The molecule has 7 heteroatoms. The van der Waals surface area contributed by atoms with Gasteiger partial charge in [-0.25, -0.2) is 0 Å². The first-order valence-electron chi connectivity index (χ1n) is 7.22. The molecule has 1 aromatic carbocycles. The number of carbonyl (C=O) groups is 3. The lowest BCUT2D eigenvalue weighted by Gasteiger charge is -2.28. The molecule has 0 radical (unpaired) electrons. The van der Waals surface area contributed by atoms with Crippen molar-refractivity contribution >= 4 is 33.7 Å². The van der Waals surface area contributed by atoms with E-state index in [2.05, 4.69) is 21.2 Å². The Hall–Kier alpha value is -1.73. The van der Waals surface area contributed by atoms with Crippen molar-refractivity contribution in [1.82, 2.24) is 15.1 Å². The summed E-state index contributed by atoms with van der Waals surface area (Å²) in [4.78, 5) is 39.6. The van der Waals surface area contributed by atoms with Crippen LogP contribution in [0.4, 0.5) is 0 Å². The van der Waals surface area contributed by atoms with Crippen molar-refractivity contribution in [2.24, 2.45) is 0 Å². The smallest absolute Gasteiger partial charge is 0.261 e. The number of carbonyl (C=O) groups excluding carboxylic acids is 3. The van der Waals surface area contributed by atoms with Crippen LogP contribution in [-0.2, 0) is 4.79 Å². The zero-order valence-electron chi connectivity index (χ0n) is 12.0. The second-order valence-electron chi connectivity index (χ2n) is 5.33. The minimum Gasteiger partial charge on any atom is -0.340 e. The Morgan fingerprint density at radius 3 is 2.55 bits per heavy atom. The highest BCUT2D eigenvalue weighted by Crippen LogP contribution is 2.26. The third kappa shape index (κ3) is 2.78. The van der Waals surface area contributed by atoms with Crippen LogP contribution in [0.5, 0.6) is 0 Å². The first-order valence-corrected chi connectivity index (χ1v) is 8.01. The molecule has 3 rings (SSSR count). The average molecular weight is 366 g/mol. The minimum absolute atomic E-state index is 0.0146. The predicted molar refractivity (Wildman–Crippen MR) is 83.6 cm³/mol. The summed E-state index contributed by atoms with van der Waals surface area (Å²) in [5.41, 5.74) is 0.803. The topological polar surface area (TPSA) is 69.7 Å². The van der Waals surface area contributed by atoms with E-state index in [1.165, 1.54) is 0 Å². The van der Waals surface area contributed by atoms with Crippen LogP contribution in [0.3, 0.4) is 0 Å². The van der Waals surface area contributed by atoms with Gasteiger partial charge in [-0.3, -0.25) is 19.3 Å². The SMILES string of the molecule is O=C(CCN1C(=O)c2ccc(Br)cc2C1=O)N1CCNCC1. The van der Waals surface area contributed by atoms with E-state index in [0.29, 0.717) is 24.2 Å². The van der Waals surface area contributed by atoms with Gasteiger partial charge in [-0.1, -0.05) is 15.9 Å². The molecule has 0 atom stereocenters. The second-order valence-corrected chi connectivity index (χ2v) is 6.25. The average Bonchev–Trinajstić information content (AvgIpc) is 2.77. The fourth-order valence-electron chi connectivity index (χ4n) is 2.75. The number of hydrogen-bond donors (Lipinski definition) is 1. The summed E-state index contributed by atoms with van der Waals surface area (Å²) in [5.74, 6) is -0.658. The van der Waals surface area contributed by atoms with Crippen molar-refractivity contribution in [3.63, 3.8) is 0 Å². The third-order valence-electron chi connectivity index (χ3n) is 3.95. The van der Waals surface area contributed by atoms with Crippen LogP contribution in [0.25, 0.3) is 0 Å². The number of imide groups is 1. The predicted octanol–water partition coefficient (Wildman–Crippen LogP) is 0.867. The van der Waals surface area contributed by atoms with E-state index in [4.69, 9.17) is 0 Å². The van der Waals surface area contributed by atoms with E-state index < -0.39 is 0 Å². The van der Waals surface area contributed by atoms with Crippen LogP contribution in [-0.4, -0.2) is 60.2 Å². The van der Waals surface area contributed by atoms with Gasteiger partial charge < -0.3 is 10.2 Å². The molecule has 3 amide bonds. The van der Waals surface area contributed by atoms with Gasteiger partial charge in [-0.15, -0.1) is 0 Å². The van der Waals surface area contributed by atoms with Gasteiger partial charge in [0, 0.05) is 43.6 Å². The Morgan fingerprint density at radius 2 is 1.82 bits per heavy atom. The van der Waals surface area contributed by atoms with Gasteiger partial charge in [-0.05, 0) is 18.2 Å². The van der Waals surface area contributed by atoms with Gasteiger partial charge in [0.2, 0.25) is 5.91 Å². The molecule has 1 aromatic rings. The maximum Gasteiger partial charge on any atom is 0.261 e. The van der Waals surface area contributed by atoms with Gasteiger partial charge >= 0.3 is 0 Å². The lowest BCUT2D eigenvalue weighted by Crippen LogP contribution is -2.47. The lowest BCUT2D eigenvalue weighted by atomic mass is 10.1. The molecule has 1 fully saturated rings. The lowest BCUT2D eigenvalue weighted by molar-refractivity contribution is -0.131. The highest BCUT2D eigenvalue weighted by molar-refractivity contribution is 9.10. The summed E-state index contributed by atoms with van der Waals surface area (Å²) in [7, 11) is 0. The van der Waals surface area contributed by atoms with E-state index in [9.17, 15) is 14.4 Å². The Bertz CT molecular complexity index is 641. The monoisotopic (exact) mass is 365 g/mol. The second kappa shape index (κ2) is 6.18. The van der Waals surface area contributed by atoms with Crippen molar-refractivity contribution in [2.45, 2.75) is 6.42 Å². The molecule has 2 aliphatic rings. The number of piperazine rings is 1. The molecular formula is C15H16BrN3O3. The molecule has 0 spiro atoms. The van der Waals surface area contributed by atoms with Crippen molar-refractivity contribution in [2.75, 3.05) is 32.7 Å². The maximum absolute atomic E-state index is 12.3. The molecule has 0 unspecified atom stereocenters. The number of amides is 3. The molecule has 0 aliphatic carbocycles. The molecule has 116 valence electrons. The summed E-state index contributed by atoms with van der Waals surface area (Å²) in [5, 5.41) is 3.18. The van der Waals surface area contributed by atoms with Crippen molar-refractivity contribution in [3.8, 4) is 0 Å². The van der Waals surface area contributed by atoms with E-state index >= 15 is 0 Å². The summed E-state index contributed by atoms with van der Waals surface area (Å²) in [6, 6.07) is 5.02. The van der Waals surface area contributed by atoms with Crippen molar-refractivity contribution in [3.05, 3.63) is 33.8 Å². The number of rotatable bonds is 3. The first kappa shape index (κ1) is 15.2. The molecule has 0 aromatic heterocycles. The standard InChI is InChI=1S/C15H16BrN3O3/c16-10-1-2-11-12(9-10)15(22)19(14(11)21)6-3-13(20)18-7-4-17-5-8-18/h1-2,9,17H,3-8H2. The fourth-order valence-corrected chi connectivity index (χ4v) is 3.11. The number of fused-ring (bicyclic) bond motifs is 1. The van der Waals surface area contributed by atoms with Gasteiger partial charge in [0.05, 0.1) is 11.1 Å². The summed E-state index contributed by atoms with van der Waals surface area (Å²) in [6.07, 6.45) is 0.173. The van der Waals surface area contributed by atoms with E-state index in [1.807, 2.05) is 0 Å². The minimum atomic E-state index is -0.325. The maximum atomic E-state index is 12.3.